The molecule has 114 valence electrons. The second-order valence-electron chi connectivity index (χ2n) is 5.92. The predicted molar refractivity (Wildman–Crippen MR) is 86.1 cm³/mol. The summed E-state index contributed by atoms with van der Waals surface area (Å²) >= 11 is 0. The minimum Gasteiger partial charge on any atom is -0.459 e. The molecule has 2 heterocycles. The molecule has 2 N–H and O–H groups in total. The fourth-order valence-corrected chi connectivity index (χ4v) is 3.40. The van der Waals surface area contributed by atoms with Gasteiger partial charge in [0.25, 0.3) is 0 Å². The SMILES string of the molecule is CCN1CCN(Cc2c(CN)oc3ccccc23)CC1C. The van der Waals surface area contributed by atoms with Gasteiger partial charge in [0.15, 0.2) is 0 Å². The summed E-state index contributed by atoms with van der Waals surface area (Å²) in [5.41, 5.74) is 8.09. The molecule has 1 aromatic carbocycles. The third-order valence-corrected chi connectivity index (χ3v) is 4.60. The monoisotopic (exact) mass is 287 g/mol. The van der Waals surface area contributed by atoms with Crippen molar-refractivity contribution in [2.24, 2.45) is 5.73 Å². The molecule has 1 unspecified atom stereocenters. The summed E-state index contributed by atoms with van der Waals surface area (Å²) in [5, 5.41) is 1.21. The standard InChI is InChI=1S/C17H25N3O/c1-3-20-9-8-19(11-13(20)2)12-15-14-6-4-5-7-16(14)21-17(15)10-18/h4-7,13H,3,8-12,18H2,1-2H3. The van der Waals surface area contributed by atoms with Gasteiger partial charge in [-0.1, -0.05) is 25.1 Å². The van der Waals surface area contributed by atoms with Gasteiger partial charge in [0.05, 0.1) is 6.54 Å². The van der Waals surface area contributed by atoms with Crippen molar-refractivity contribution in [3.63, 3.8) is 0 Å². The molecule has 1 atom stereocenters. The Kier molecular flexibility index (Phi) is 4.29. The largest absolute Gasteiger partial charge is 0.459 e. The summed E-state index contributed by atoms with van der Waals surface area (Å²) in [6.07, 6.45) is 0. The Morgan fingerprint density at radius 3 is 2.81 bits per heavy atom. The maximum absolute atomic E-state index is 5.90. The number of benzene rings is 1. The van der Waals surface area contributed by atoms with E-state index in [9.17, 15) is 0 Å². The molecule has 0 amide bonds. The van der Waals surface area contributed by atoms with Crippen molar-refractivity contribution in [2.75, 3.05) is 26.2 Å². The van der Waals surface area contributed by atoms with E-state index in [2.05, 4.69) is 35.8 Å². The number of hydrogen-bond acceptors (Lipinski definition) is 4. The van der Waals surface area contributed by atoms with Crippen LogP contribution in [0.15, 0.2) is 28.7 Å². The second-order valence-corrected chi connectivity index (χ2v) is 5.92. The summed E-state index contributed by atoms with van der Waals surface area (Å²) in [6.45, 7) is 10.5. The topological polar surface area (TPSA) is 45.6 Å². The van der Waals surface area contributed by atoms with Crippen LogP contribution in [0.5, 0.6) is 0 Å². The van der Waals surface area contributed by atoms with Gasteiger partial charge in [0, 0.05) is 43.2 Å². The molecular weight excluding hydrogens is 262 g/mol. The second kappa shape index (κ2) is 6.18. The highest BCUT2D eigenvalue weighted by Gasteiger charge is 2.24. The third kappa shape index (κ3) is 2.84. The normalized spacial score (nSPS) is 21.2. The first-order valence-corrected chi connectivity index (χ1v) is 7.88. The van der Waals surface area contributed by atoms with Gasteiger partial charge in [0.2, 0.25) is 0 Å². The Hall–Kier alpha value is -1.36. The molecule has 1 aromatic heterocycles. The van der Waals surface area contributed by atoms with Crippen LogP contribution >= 0.6 is 0 Å². The number of nitrogens with two attached hydrogens (primary N) is 1. The minimum absolute atomic E-state index is 0.467. The molecule has 0 bridgehead atoms. The highest BCUT2D eigenvalue weighted by atomic mass is 16.3. The molecule has 1 saturated heterocycles. The van der Waals surface area contributed by atoms with Crippen LogP contribution in [0.2, 0.25) is 0 Å². The van der Waals surface area contributed by atoms with Gasteiger partial charge in [-0.05, 0) is 19.5 Å². The van der Waals surface area contributed by atoms with Crippen LogP contribution in [0.1, 0.15) is 25.2 Å². The summed E-state index contributed by atoms with van der Waals surface area (Å²) < 4.78 is 5.90. The van der Waals surface area contributed by atoms with Crippen LogP contribution in [-0.4, -0.2) is 42.0 Å². The van der Waals surface area contributed by atoms with Gasteiger partial charge in [-0.15, -0.1) is 0 Å². The summed E-state index contributed by atoms with van der Waals surface area (Å²) in [6, 6.07) is 8.86. The zero-order valence-electron chi connectivity index (χ0n) is 13.0. The minimum atomic E-state index is 0.467. The molecule has 1 aliphatic heterocycles. The number of rotatable bonds is 4. The fourth-order valence-electron chi connectivity index (χ4n) is 3.40. The van der Waals surface area contributed by atoms with Crippen LogP contribution in [0, 0.1) is 0 Å². The lowest BCUT2D eigenvalue weighted by Gasteiger charge is -2.39. The average Bonchev–Trinajstić information content (AvgIpc) is 2.86. The lowest BCUT2D eigenvalue weighted by atomic mass is 10.1. The zero-order chi connectivity index (χ0) is 14.8. The van der Waals surface area contributed by atoms with Crippen molar-refractivity contribution in [3.8, 4) is 0 Å². The molecule has 1 aliphatic rings. The molecule has 4 heteroatoms. The number of likely N-dealkylation sites (N-methyl/N-ethyl adjacent to an activating group) is 1. The van der Waals surface area contributed by atoms with Crippen LogP contribution in [0.3, 0.4) is 0 Å². The fraction of sp³-hybridized carbons (Fsp3) is 0.529. The van der Waals surface area contributed by atoms with Gasteiger partial charge >= 0.3 is 0 Å². The molecule has 1 fully saturated rings. The molecular formula is C17H25N3O. The van der Waals surface area contributed by atoms with E-state index in [0.29, 0.717) is 12.6 Å². The number of para-hydroxylation sites is 1. The van der Waals surface area contributed by atoms with Gasteiger partial charge < -0.3 is 10.2 Å². The molecule has 4 nitrogen and oxygen atoms in total. The van der Waals surface area contributed by atoms with Crippen molar-refractivity contribution in [1.82, 2.24) is 9.80 Å². The Morgan fingerprint density at radius 2 is 2.10 bits per heavy atom. The van der Waals surface area contributed by atoms with E-state index >= 15 is 0 Å². The first-order chi connectivity index (χ1) is 10.2. The Morgan fingerprint density at radius 1 is 1.29 bits per heavy atom. The summed E-state index contributed by atoms with van der Waals surface area (Å²) in [7, 11) is 0. The molecule has 3 rings (SSSR count). The van der Waals surface area contributed by atoms with Crippen LogP contribution in [0.25, 0.3) is 11.0 Å². The smallest absolute Gasteiger partial charge is 0.134 e. The number of nitrogens with zero attached hydrogens (tertiary/aromatic N) is 2. The van der Waals surface area contributed by atoms with E-state index in [-0.39, 0.29) is 0 Å². The molecule has 0 saturated carbocycles. The summed E-state index contributed by atoms with van der Waals surface area (Å²) in [5.74, 6) is 0.932. The maximum atomic E-state index is 5.90. The van der Waals surface area contributed by atoms with Crippen LogP contribution in [0.4, 0.5) is 0 Å². The third-order valence-electron chi connectivity index (χ3n) is 4.60. The first-order valence-electron chi connectivity index (χ1n) is 7.88. The molecule has 0 spiro atoms. The quantitative estimate of drug-likeness (QED) is 0.938. The van der Waals surface area contributed by atoms with Gasteiger partial charge in [-0.2, -0.15) is 0 Å². The average molecular weight is 287 g/mol. The van der Waals surface area contributed by atoms with Gasteiger partial charge in [-0.25, -0.2) is 0 Å². The van der Waals surface area contributed by atoms with Crippen LogP contribution < -0.4 is 5.73 Å². The molecule has 21 heavy (non-hydrogen) atoms. The zero-order valence-corrected chi connectivity index (χ0v) is 13.0. The number of fused-ring (bicyclic) bond motifs is 1. The first kappa shape index (κ1) is 14.6. The Bertz CT molecular complexity index is 607. The highest BCUT2D eigenvalue weighted by Crippen LogP contribution is 2.27. The maximum Gasteiger partial charge on any atom is 0.134 e. The van der Waals surface area contributed by atoms with Crippen molar-refractivity contribution in [3.05, 3.63) is 35.6 Å². The van der Waals surface area contributed by atoms with Gasteiger partial charge in [0.1, 0.15) is 11.3 Å². The number of furan rings is 1. The van der Waals surface area contributed by atoms with Crippen LogP contribution in [-0.2, 0) is 13.1 Å². The van der Waals surface area contributed by atoms with Crippen molar-refractivity contribution < 1.29 is 4.42 Å². The number of hydrogen-bond donors (Lipinski definition) is 1. The Balaban J connectivity index is 1.82. The van der Waals surface area contributed by atoms with E-state index in [0.717, 1.165) is 44.1 Å². The highest BCUT2D eigenvalue weighted by molar-refractivity contribution is 5.82. The van der Waals surface area contributed by atoms with Crippen molar-refractivity contribution >= 4 is 11.0 Å². The lowest BCUT2D eigenvalue weighted by molar-refractivity contribution is 0.0833. The van der Waals surface area contributed by atoms with Gasteiger partial charge in [-0.3, -0.25) is 9.80 Å². The summed E-state index contributed by atoms with van der Waals surface area (Å²) in [4.78, 5) is 5.06. The molecule has 0 radical (unpaired) electrons. The van der Waals surface area contributed by atoms with Crippen molar-refractivity contribution in [1.29, 1.82) is 0 Å². The molecule has 2 aromatic rings. The van der Waals surface area contributed by atoms with E-state index in [4.69, 9.17) is 10.2 Å². The number of piperazine rings is 1. The predicted octanol–water partition coefficient (Wildman–Crippen LogP) is 2.42. The lowest BCUT2D eigenvalue weighted by Crippen LogP contribution is -2.51. The van der Waals surface area contributed by atoms with E-state index in [1.54, 1.807) is 0 Å². The Labute approximate surface area is 126 Å². The van der Waals surface area contributed by atoms with Crippen molar-refractivity contribution in [2.45, 2.75) is 33.0 Å². The van der Waals surface area contributed by atoms with E-state index < -0.39 is 0 Å². The van der Waals surface area contributed by atoms with E-state index in [1.807, 2.05) is 12.1 Å². The van der Waals surface area contributed by atoms with E-state index in [1.165, 1.54) is 10.9 Å². The molecule has 0 aliphatic carbocycles.